The summed E-state index contributed by atoms with van der Waals surface area (Å²) >= 11 is 0. The molecule has 1 atom stereocenters. The van der Waals surface area contributed by atoms with E-state index in [1.165, 1.54) is 7.11 Å². The van der Waals surface area contributed by atoms with Gasteiger partial charge in [-0.05, 0) is 39.0 Å². The molecule has 0 spiro atoms. The summed E-state index contributed by atoms with van der Waals surface area (Å²) in [5.74, 6) is 1.66. The lowest BCUT2D eigenvalue weighted by Gasteiger charge is -2.15. The summed E-state index contributed by atoms with van der Waals surface area (Å²) in [5.41, 5.74) is 6.82. The summed E-state index contributed by atoms with van der Waals surface area (Å²) in [6.45, 7) is 5.36. The quantitative estimate of drug-likeness (QED) is 0.835. The van der Waals surface area contributed by atoms with Crippen LogP contribution in [0.3, 0.4) is 0 Å². The van der Waals surface area contributed by atoms with Crippen LogP contribution in [0.2, 0.25) is 0 Å². The van der Waals surface area contributed by atoms with Crippen molar-refractivity contribution < 1.29 is 9.53 Å². The smallest absolute Gasteiger partial charge is 0.249 e. The highest BCUT2D eigenvalue weighted by Crippen LogP contribution is 2.27. The number of nitrogens with one attached hydrogen (secondary N) is 1. The minimum absolute atomic E-state index is 0.216. The fourth-order valence-electron chi connectivity index (χ4n) is 2.07. The zero-order chi connectivity index (χ0) is 15.6. The first-order chi connectivity index (χ1) is 9.92. The van der Waals surface area contributed by atoms with Crippen molar-refractivity contribution in [2.45, 2.75) is 26.8 Å². The molecule has 0 saturated heterocycles. The van der Waals surface area contributed by atoms with E-state index in [2.05, 4.69) is 15.4 Å². The summed E-state index contributed by atoms with van der Waals surface area (Å²) in [7, 11) is 1.54. The fraction of sp³-hybridized carbons (Fsp3) is 0.357. The van der Waals surface area contributed by atoms with Gasteiger partial charge in [-0.1, -0.05) is 0 Å². The third kappa shape index (κ3) is 3.13. The Morgan fingerprint density at radius 2 is 2.14 bits per heavy atom. The lowest BCUT2D eigenvalue weighted by molar-refractivity contribution is -0.119. The van der Waals surface area contributed by atoms with Crippen LogP contribution < -0.4 is 15.8 Å². The second-order valence-corrected chi connectivity index (χ2v) is 4.78. The lowest BCUT2D eigenvalue weighted by Crippen LogP contribution is -2.25. The van der Waals surface area contributed by atoms with E-state index in [1.54, 1.807) is 36.7 Å². The predicted molar refractivity (Wildman–Crippen MR) is 80.2 cm³/mol. The van der Waals surface area contributed by atoms with Crippen LogP contribution >= 0.6 is 0 Å². The largest absolute Gasteiger partial charge is 0.495 e. The van der Waals surface area contributed by atoms with Gasteiger partial charge in [0.2, 0.25) is 5.91 Å². The minimum Gasteiger partial charge on any atom is -0.495 e. The summed E-state index contributed by atoms with van der Waals surface area (Å²) in [5, 5.41) is 7.03. The number of methoxy groups -OCH3 is 1. The molecular formula is C14H19N5O2. The van der Waals surface area contributed by atoms with Gasteiger partial charge in [-0.15, -0.1) is 0 Å². The molecule has 1 unspecified atom stereocenters. The number of carbonyl (C=O) groups is 1. The monoisotopic (exact) mass is 289 g/mol. The molecule has 112 valence electrons. The maximum Gasteiger partial charge on any atom is 0.249 e. The highest BCUT2D eigenvalue weighted by Gasteiger charge is 2.20. The Kier molecular flexibility index (Phi) is 4.11. The van der Waals surface area contributed by atoms with Gasteiger partial charge in [0.25, 0.3) is 0 Å². The molecular weight excluding hydrogens is 270 g/mol. The molecule has 0 fully saturated rings. The lowest BCUT2D eigenvalue weighted by atomic mass is 10.2. The van der Waals surface area contributed by atoms with Crippen molar-refractivity contribution in [3.8, 4) is 5.75 Å². The highest BCUT2D eigenvalue weighted by molar-refractivity contribution is 5.95. The van der Waals surface area contributed by atoms with E-state index in [0.29, 0.717) is 28.8 Å². The third-order valence-electron chi connectivity index (χ3n) is 3.14. The first kappa shape index (κ1) is 14.8. The number of aromatic nitrogens is 3. The number of hydrogen-bond acceptors (Lipinski definition) is 5. The van der Waals surface area contributed by atoms with Gasteiger partial charge >= 0.3 is 0 Å². The molecule has 3 N–H and O–H groups in total. The van der Waals surface area contributed by atoms with E-state index >= 15 is 0 Å². The summed E-state index contributed by atoms with van der Waals surface area (Å²) in [6, 6.07) is 4.59. The number of nitrogens with two attached hydrogens (primary N) is 1. The van der Waals surface area contributed by atoms with Crippen LogP contribution in [0.15, 0.2) is 18.2 Å². The van der Waals surface area contributed by atoms with Crippen LogP contribution in [-0.2, 0) is 4.79 Å². The van der Waals surface area contributed by atoms with Gasteiger partial charge in [0.05, 0.1) is 12.8 Å². The highest BCUT2D eigenvalue weighted by atomic mass is 16.5. The van der Waals surface area contributed by atoms with Crippen molar-refractivity contribution in [3.63, 3.8) is 0 Å². The zero-order valence-electron chi connectivity index (χ0n) is 12.5. The second-order valence-electron chi connectivity index (χ2n) is 4.78. The number of nitrogens with zero attached hydrogens (tertiary/aromatic N) is 3. The Morgan fingerprint density at radius 3 is 2.71 bits per heavy atom. The number of carbonyl (C=O) groups excluding carboxylic acids is 1. The van der Waals surface area contributed by atoms with Crippen LogP contribution in [-0.4, -0.2) is 27.8 Å². The number of nitrogen functional groups attached to an aromatic ring is 1. The minimum atomic E-state index is -0.489. The Labute approximate surface area is 123 Å². The number of amides is 1. The Bertz CT molecular complexity index is 665. The van der Waals surface area contributed by atoms with Gasteiger partial charge in [0.15, 0.2) is 0 Å². The summed E-state index contributed by atoms with van der Waals surface area (Å²) in [4.78, 5) is 16.6. The van der Waals surface area contributed by atoms with Crippen molar-refractivity contribution in [1.29, 1.82) is 0 Å². The second kappa shape index (κ2) is 5.82. The standard InChI is InChI=1S/C14H19N5O2/c1-8(19-10(3)16-9(2)18-19)14(20)17-12-7-11(15)5-6-13(12)21-4/h5-8H,15H2,1-4H3,(H,17,20). The maximum atomic E-state index is 12.4. The maximum absolute atomic E-state index is 12.4. The first-order valence-electron chi connectivity index (χ1n) is 6.56. The number of benzene rings is 1. The van der Waals surface area contributed by atoms with Gasteiger partial charge in [0.1, 0.15) is 23.4 Å². The molecule has 1 heterocycles. The SMILES string of the molecule is COc1ccc(N)cc1NC(=O)C(C)n1nc(C)nc1C. The van der Waals surface area contributed by atoms with E-state index in [9.17, 15) is 4.79 Å². The van der Waals surface area contributed by atoms with Gasteiger partial charge in [-0.25, -0.2) is 9.67 Å². The van der Waals surface area contributed by atoms with Gasteiger partial charge in [-0.3, -0.25) is 4.79 Å². The molecule has 2 rings (SSSR count). The summed E-state index contributed by atoms with van der Waals surface area (Å²) < 4.78 is 6.80. The topological polar surface area (TPSA) is 95.1 Å². The van der Waals surface area contributed by atoms with Gasteiger partial charge in [0, 0.05) is 5.69 Å². The molecule has 0 aliphatic heterocycles. The Balaban J connectivity index is 2.22. The molecule has 2 aromatic rings. The summed E-state index contributed by atoms with van der Waals surface area (Å²) in [6.07, 6.45) is 0. The van der Waals surface area contributed by atoms with Crippen molar-refractivity contribution in [1.82, 2.24) is 14.8 Å². The van der Waals surface area contributed by atoms with E-state index in [1.807, 2.05) is 6.92 Å². The van der Waals surface area contributed by atoms with E-state index in [0.717, 1.165) is 0 Å². The normalized spacial score (nSPS) is 12.0. The molecule has 0 radical (unpaired) electrons. The molecule has 1 amide bonds. The van der Waals surface area contributed by atoms with E-state index in [-0.39, 0.29) is 5.91 Å². The first-order valence-corrected chi connectivity index (χ1v) is 6.56. The van der Waals surface area contributed by atoms with E-state index in [4.69, 9.17) is 10.5 Å². The van der Waals surface area contributed by atoms with Crippen LogP contribution in [0, 0.1) is 13.8 Å². The molecule has 0 bridgehead atoms. The zero-order valence-corrected chi connectivity index (χ0v) is 12.5. The van der Waals surface area contributed by atoms with Gasteiger partial charge < -0.3 is 15.8 Å². The van der Waals surface area contributed by atoms with Crippen molar-refractivity contribution in [2.24, 2.45) is 0 Å². The number of ether oxygens (including phenoxy) is 1. The van der Waals surface area contributed by atoms with Crippen LogP contribution in [0.1, 0.15) is 24.6 Å². The van der Waals surface area contributed by atoms with Crippen molar-refractivity contribution in [2.75, 3.05) is 18.2 Å². The van der Waals surface area contributed by atoms with Crippen LogP contribution in [0.5, 0.6) is 5.75 Å². The van der Waals surface area contributed by atoms with Crippen molar-refractivity contribution >= 4 is 17.3 Å². The fourth-order valence-corrected chi connectivity index (χ4v) is 2.07. The molecule has 0 aliphatic rings. The molecule has 21 heavy (non-hydrogen) atoms. The molecule has 0 aliphatic carbocycles. The average molecular weight is 289 g/mol. The molecule has 7 nitrogen and oxygen atoms in total. The predicted octanol–water partition coefficient (Wildman–Crippen LogP) is 1.69. The molecule has 0 saturated carbocycles. The number of anilines is 2. The third-order valence-corrected chi connectivity index (χ3v) is 3.14. The average Bonchev–Trinajstić information content (AvgIpc) is 2.77. The number of hydrogen-bond donors (Lipinski definition) is 2. The Morgan fingerprint density at radius 1 is 1.43 bits per heavy atom. The van der Waals surface area contributed by atoms with E-state index < -0.39 is 6.04 Å². The molecule has 1 aromatic carbocycles. The number of aryl methyl sites for hydroxylation is 2. The Hall–Kier alpha value is -2.57. The van der Waals surface area contributed by atoms with Crippen LogP contribution in [0.25, 0.3) is 0 Å². The number of rotatable bonds is 4. The van der Waals surface area contributed by atoms with Crippen LogP contribution in [0.4, 0.5) is 11.4 Å². The van der Waals surface area contributed by atoms with Gasteiger partial charge in [-0.2, -0.15) is 5.10 Å². The molecule has 7 heteroatoms. The molecule has 1 aromatic heterocycles. The van der Waals surface area contributed by atoms with Crippen molar-refractivity contribution in [3.05, 3.63) is 29.8 Å².